The van der Waals surface area contributed by atoms with Crippen molar-refractivity contribution in [2.24, 2.45) is 11.7 Å². The maximum atomic E-state index is 14.7. The number of hydrogen-bond acceptors (Lipinski definition) is 7. The fraction of sp³-hybridized carbons (Fsp3) is 0.409. The summed E-state index contributed by atoms with van der Waals surface area (Å²) in [5, 5.41) is 3.08. The number of aromatic nitrogens is 4. The highest BCUT2D eigenvalue weighted by atomic mass is 19.1. The lowest BCUT2D eigenvalue weighted by Gasteiger charge is -2.41. The van der Waals surface area contributed by atoms with Crippen LogP contribution in [-0.2, 0) is 4.79 Å². The molecule has 1 saturated carbocycles. The van der Waals surface area contributed by atoms with Crippen LogP contribution in [0.1, 0.15) is 36.2 Å². The van der Waals surface area contributed by atoms with Crippen LogP contribution in [0.3, 0.4) is 0 Å². The Morgan fingerprint density at radius 3 is 2.58 bits per heavy atom. The maximum absolute atomic E-state index is 14.7. The van der Waals surface area contributed by atoms with Crippen molar-refractivity contribution < 1.29 is 14.0 Å². The minimum Gasteiger partial charge on any atom is -0.364 e. The summed E-state index contributed by atoms with van der Waals surface area (Å²) < 4.78 is 16.4. The molecule has 5 heterocycles. The first-order valence-corrected chi connectivity index (χ1v) is 11.1. The van der Waals surface area contributed by atoms with E-state index in [-0.39, 0.29) is 41.4 Å². The van der Waals surface area contributed by atoms with Crippen LogP contribution in [-0.4, -0.2) is 61.2 Å². The smallest absolute Gasteiger partial charge is 0.268 e. The van der Waals surface area contributed by atoms with Gasteiger partial charge >= 0.3 is 0 Å². The molecule has 2 atom stereocenters. The van der Waals surface area contributed by atoms with Crippen LogP contribution >= 0.6 is 0 Å². The zero-order chi connectivity index (χ0) is 22.7. The number of nitrogens with two attached hydrogens (primary N) is 1. The maximum Gasteiger partial charge on any atom is 0.268 e. The first-order valence-electron chi connectivity index (χ1n) is 11.1. The van der Waals surface area contributed by atoms with Gasteiger partial charge in [0.05, 0.1) is 6.20 Å². The lowest BCUT2D eigenvalue weighted by molar-refractivity contribution is -0.135. The van der Waals surface area contributed by atoms with Crippen LogP contribution in [0.4, 0.5) is 21.8 Å². The molecule has 2 amide bonds. The summed E-state index contributed by atoms with van der Waals surface area (Å²) in [6.45, 7) is 1.14. The van der Waals surface area contributed by atoms with Crippen LogP contribution in [0.2, 0.25) is 0 Å². The Balaban J connectivity index is 1.22. The highest BCUT2D eigenvalue weighted by Crippen LogP contribution is 2.39. The molecule has 2 bridgehead atoms. The molecule has 170 valence electrons. The van der Waals surface area contributed by atoms with E-state index < -0.39 is 11.7 Å². The molecule has 6 rings (SSSR count). The third-order valence-corrected chi connectivity index (χ3v) is 6.66. The van der Waals surface area contributed by atoms with Crippen LogP contribution in [0.5, 0.6) is 0 Å². The summed E-state index contributed by atoms with van der Waals surface area (Å²) in [4.78, 5) is 40.7. The fourth-order valence-electron chi connectivity index (χ4n) is 4.92. The third kappa shape index (κ3) is 3.53. The van der Waals surface area contributed by atoms with Gasteiger partial charge in [-0.25, -0.2) is 14.4 Å². The van der Waals surface area contributed by atoms with Gasteiger partial charge in [-0.3, -0.25) is 9.59 Å². The molecule has 10 nitrogen and oxygen atoms in total. The molecule has 0 radical (unpaired) electrons. The number of nitrogens with one attached hydrogen (secondary N) is 1. The van der Waals surface area contributed by atoms with E-state index in [0.717, 1.165) is 31.9 Å². The van der Waals surface area contributed by atoms with E-state index in [1.807, 2.05) is 9.80 Å². The van der Waals surface area contributed by atoms with Crippen molar-refractivity contribution in [2.75, 3.05) is 23.3 Å². The molecule has 11 heteroatoms. The average Bonchev–Trinajstić information content (AvgIpc) is 3.50. The number of nitrogens with zero attached hydrogens (tertiary/aromatic N) is 6. The predicted molar refractivity (Wildman–Crippen MR) is 118 cm³/mol. The van der Waals surface area contributed by atoms with Crippen molar-refractivity contribution in [3.63, 3.8) is 0 Å². The number of fused-ring (bicyclic) bond motifs is 3. The van der Waals surface area contributed by atoms with E-state index in [0.29, 0.717) is 24.4 Å². The number of halogens is 1. The Kier molecular flexibility index (Phi) is 4.46. The zero-order valence-corrected chi connectivity index (χ0v) is 17.8. The van der Waals surface area contributed by atoms with Crippen molar-refractivity contribution in [1.82, 2.24) is 24.3 Å². The molecule has 2 saturated heterocycles. The summed E-state index contributed by atoms with van der Waals surface area (Å²) in [5.41, 5.74) is 6.64. The molecule has 0 spiro atoms. The predicted octanol–water partition coefficient (Wildman–Crippen LogP) is 1.70. The van der Waals surface area contributed by atoms with Gasteiger partial charge in [-0.15, -0.1) is 0 Å². The first-order chi connectivity index (χ1) is 16.0. The fourth-order valence-corrected chi connectivity index (χ4v) is 4.92. The summed E-state index contributed by atoms with van der Waals surface area (Å²) >= 11 is 0. The number of amides is 2. The van der Waals surface area contributed by atoms with E-state index in [9.17, 15) is 14.0 Å². The minimum atomic E-state index is -0.604. The van der Waals surface area contributed by atoms with Gasteiger partial charge in [0.2, 0.25) is 11.9 Å². The van der Waals surface area contributed by atoms with Gasteiger partial charge in [0.25, 0.3) is 5.91 Å². The zero-order valence-electron chi connectivity index (χ0n) is 17.8. The summed E-state index contributed by atoms with van der Waals surface area (Å²) in [6.07, 6.45) is 8.30. The summed E-state index contributed by atoms with van der Waals surface area (Å²) in [5.74, 6) is -0.148. The standard InChI is InChI=1S/C22H23FN8O2/c23-16-8-25-22(26-13-5-6-29-11-17(19(24)32)27-18(29)7-13)28-20(16)30-9-14-3-4-15(10-30)31(14)21(33)12-1-2-12/h5-8,11-12,14-15H,1-4,9-10H2,(H2,24,32)(H,25,26,28)/t14-,15?/m1/s1. The second kappa shape index (κ2) is 7.39. The number of piperazine rings is 1. The van der Waals surface area contributed by atoms with Crippen molar-refractivity contribution in [3.05, 3.63) is 42.2 Å². The summed E-state index contributed by atoms with van der Waals surface area (Å²) in [6, 6.07) is 3.70. The first kappa shape index (κ1) is 19.9. The molecule has 3 N–H and O–H groups in total. The Hall–Kier alpha value is -3.76. The molecule has 2 aliphatic heterocycles. The van der Waals surface area contributed by atoms with Gasteiger partial charge in [-0.05, 0) is 31.7 Å². The number of rotatable bonds is 5. The molecule has 0 aromatic carbocycles. The quantitative estimate of drug-likeness (QED) is 0.607. The number of carbonyl (C=O) groups excluding carboxylic acids is 2. The molecular weight excluding hydrogens is 427 g/mol. The van der Waals surface area contributed by atoms with Crippen molar-refractivity contribution in [2.45, 2.75) is 37.8 Å². The van der Waals surface area contributed by atoms with Gasteiger partial charge in [-0.1, -0.05) is 0 Å². The molecule has 1 unspecified atom stereocenters. The molecule has 1 aliphatic carbocycles. The SMILES string of the molecule is NC(=O)c1cn2ccc(Nc3ncc(F)c(N4CC5CC[C@H](C4)N5C(=O)C4CC4)n3)cc2n1. The number of imidazole rings is 1. The van der Waals surface area contributed by atoms with E-state index in [1.54, 1.807) is 28.9 Å². The second-order valence-electron chi connectivity index (χ2n) is 8.97. The largest absolute Gasteiger partial charge is 0.364 e. The van der Waals surface area contributed by atoms with E-state index in [2.05, 4.69) is 20.3 Å². The lowest BCUT2D eigenvalue weighted by atomic mass is 10.1. The molecule has 3 fully saturated rings. The number of anilines is 3. The second-order valence-corrected chi connectivity index (χ2v) is 8.97. The Labute approximate surface area is 188 Å². The average molecular weight is 450 g/mol. The van der Waals surface area contributed by atoms with Gasteiger partial charge in [0.15, 0.2) is 11.6 Å². The molecular formula is C22H23FN8O2. The Morgan fingerprint density at radius 2 is 1.88 bits per heavy atom. The van der Waals surface area contributed by atoms with Crippen molar-refractivity contribution in [1.29, 1.82) is 0 Å². The number of carbonyl (C=O) groups is 2. The normalized spacial score (nSPS) is 22.1. The van der Waals surface area contributed by atoms with Gasteiger partial charge in [0.1, 0.15) is 11.3 Å². The van der Waals surface area contributed by atoms with E-state index in [4.69, 9.17) is 5.73 Å². The topological polar surface area (TPSA) is 122 Å². The van der Waals surface area contributed by atoms with Crippen LogP contribution < -0.4 is 16.0 Å². The highest BCUT2D eigenvalue weighted by molar-refractivity contribution is 5.91. The van der Waals surface area contributed by atoms with E-state index >= 15 is 0 Å². The number of primary amides is 1. The molecule has 3 aromatic heterocycles. The van der Waals surface area contributed by atoms with Crippen molar-refractivity contribution in [3.8, 4) is 0 Å². The lowest BCUT2D eigenvalue weighted by Crippen LogP contribution is -2.56. The molecule has 3 aromatic rings. The molecule has 3 aliphatic rings. The van der Waals surface area contributed by atoms with Gasteiger partial charge < -0.3 is 25.3 Å². The van der Waals surface area contributed by atoms with Crippen LogP contribution in [0.25, 0.3) is 5.65 Å². The number of hydrogen-bond donors (Lipinski definition) is 2. The minimum absolute atomic E-state index is 0.102. The van der Waals surface area contributed by atoms with Crippen LogP contribution in [0.15, 0.2) is 30.7 Å². The monoisotopic (exact) mass is 450 g/mol. The van der Waals surface area contributed by atoms with Gasteiger partial charge in [-0.2, -0.15) is 4.98 Å². The van der Waals surface area contributed by atoms with Crippen LogP contribution in [0, 0.1) is 11.7 Å². The molecule has 33 heavy (non-hydrogen) atoms. The third-order valence-electron chi connectivity index (χ3n) is 6.66. The Morgan fingerprint density at radius 1 is 1.12 bits per heavy atom. The van der Waals surface area contributed by atoms with Crippen molar-refractivity contribution >= 4 is 34.9 Å². The highest BCUT2D eigenvalue weighted by Gasteiger charge is 2.47. The Bertz CT molecular complexity index is 1260. The summed E-state index contributed by atoms with van der Waals surface area (Å²) in [7, 11) is 0. The number of pyridine rings is 1. The van der Waals surface area contributed by atoms with Gasteiger partial charge in [0, 0.05) is 55.2 Å². The van der Waals surface area contributed by atoms with E-state index in [1.165, 1.54) is 0 Å².